The molecule has 1 saturated carbocycles. The fraction of sp³-hybridized carbons (Fsp3) is 0.633. The van der Waals surface area contributed by atoms with E-state index in [-0.39, 0.29) is 11.9 Å². The van der Waals surface area contributed by atoms with Gasteiger partial charge in [-0.15, -0.1) is 0 Å². The lowest BCUT2D eigenvalue weighted by Gasteiger charge is -2.26. The number of benzene rings is 1. The molecule has 6 nitrogen and oxygen atoms in total. The Labute approximate surface area is 238 Å². The van der Waals surface area contributed by atoms with E-state index in [1.54, 1.807) is 6.07 Å². The SMILES string of the molecule is Cc1c(C(=O)NC2CCOCC2)cc(-c2ccc(S(=O)NCC(F)(F)F)c(C(C)(C)C)c2)n1CC1CCCCC1. The van der Waals surface area contributed by atoms with Gasteiger partial charge in [-0.2, -0.15) is 13.2 Å². The van der Waals surface area contributed by atoms with Crippen LogP contribution in [0.25, 0.3) is 11.3 Å². The number of hydrogen-bond acceptors (Lipinski definition) is 3. The molecular weight excluding hydrogens is 539 g/mol. The van der Waals surface area contributed by atoms with Gasteiger partial charge in [-0.1, -0.05) is 46.1 Å². The lowest BCUT2D eigenvalue weighted by atomic mass is 9.85. The number of rotatable bonds is 8. The summed E-state index contributed by atoms with van der Waals surface area (Å²) in [6.45, 7) is 8.59. The molecule has 2 aromatic rings. The summed E-state index contributed by atoms with van der Waals surface area (Å²) in [6.07, 6.45) is 3.08. The van der Waals surface area contributed by atoms with E-state index in [1.807, 2.05) is 45.9 Å². The maximum atomic E-state index is 13.4. The Kier molecular flexibility index (Phi) is 9.83. The number of amides is 1. The molecule has 1 atom stereocenters. The molecular formula is C30H42F3N3O3S. The molecule has 222 valence electrons. The van der Waals surface area contributed by atoms with Crippen molar-refractivity contribution in [2.24, 2.45) is 5.92 Å². The highest BCUT2D eigenvalue weighted by Crippen LogP contribution is 2.36. The van der Waals surface area contributed by atoms with Crippen molar-refractivity contribution in [1.82, 2.24) is 14.6 Å². The van der Waals surface area contributed by atoms with Gasteiger partial charge in [0.05, 0.1) is 10.5 Å². The van der Waals surface area contributed by atoms with Crippen molar-refractivity contribution in [1.29, 1.82) is 0 Å². The number of alkyl halides is 3. The third-order valence-corrected chi connectivity index (χ3v) is 9.18. The van der Waals surface area contributed by atoms with E-state index >= 15 is 0 Å². The number of hydrogen-bond donors (Lipinski definition) is 2. The second-order valence-corrected chi connectivity index (χ2v) is 13.4. The van der Waals surface area contributed by atoms with Crippen LogP contribution in [0.4, 0.5) is 13.2 Å². The van der Waals surface area contributed by atoms with Crippen LogP contribution in [0.3, 0.4) is 0 Å². The Hall–Kier alpha value is -2.17. The molecule has 10 heteroatoms. The van der Waals surface area contributed by atoms with E-state index in [4.69, 9.17) is 4.74 Å². The Morgan fingerprint density at radius 2 is 1.73 bits per heavy atom. The lowest BCUT2D eigenvalue weighted by Crippen LogP contribution is -2.39. The van der Waals surface area contributed by atoms with E-state index in [9.17, 15) is 22.2 Å². The summed E-state index contributed by atoms with van der Waals surface area (Å²) in [5, 5.41) is 3.18. The minimum absolute atomic E-state index is 0.0803. The van der Waals surface area contributed by atoms with Crippen molar-refractivity contribution in [3.05, 3.63) is 41.1 Å². The minimum Gasteiger partial charge on any atom is -0.381 e. The van der Waals surface area contributed by atoms with Crippen LogP contribution in [-0.4, -0.2) is 46.7 Å². The van der Waals surface area contributed by atoms with Crippen molar-refractivity contribution in [2.75, 3.05) is 19.8 Å². The highest BCUT2D eigenvalue weighted by Gasteiger charge is 2.30. The van der Waals surface area contributed by atoms with Gasteiger partial charge in [-0.05, 0) is 73.3 Å². The molecule has 0 spiro atoms. The van der Waals surface area contributed by atoms with Crippen LogP contribution < -0.4 is 10.0 Å². The van der Waals surface area contributed by atoms with Gasteiger partial charge in [0, 0.05) is 37.2 Å². The number of nitrogens with one attached hydrogen (secondary N) is 2. The summed E-state index contributed by atoms with van der Waals surface area (Å²) in [6, 6.07) is 7.41. The molecule has 0 bridgehead atoms. The molecule has 2 heterocycles. The van der Waals surface area contributed by atoms with Crippen LogP contribution in [0.15, 0.2) is 29.2 Å². The van der Waals surface area contributed by atoms with Gasteiger partial charge in [-0.25, -0.2) is 8.93 Å². The number of aromatic nitrogens is 1. The van der Waals surface area contributed by atoms with Crippen LogP contribution in [-0.2, 0) is 27.7 Å². The monoisotopic (exact) mass is 581 g/mol. The van der Waals surface area contributed by atoms with Crippen LogP contribution in [0.2, 0.25) is 0 Å². The zero-order valence-corrected chi connectivity index (χ0v) is 24.8. The van der Waals surface area contributed by atoms with E-state index in [2.05, 4.69) is 14.6 Å². The maximum Gasteiger partial charge on any atom is 0.402 e. The molecule has 2 N–H and O–H groups in total. The molecule has 2 fully saturated rings. The maximum absolute atomic E-state index is 13.4. The van der Waals surface area contributed by atoms with E-state index in [0.29, 0.717) is 35.2 Å². The molecule has 1 aliphatic heterocycles. The molecule has 1 aromatic carbocycles. The van der Waals surface area contributed by atoms with Gasteiger partial charge >= 0.3 is 6.18 Å². The second-order valence-electron chi connectivity index (χ2n) is 12.2. The summed E-state index contributed by atoms with van der Waals surface area (Å²) < 4.78 is 61.1. The quantitative estimate of drug-likeness (QED) is 0.378. The lowest BCUT2D eigenvalue weighted by molar-refractivity contribution is -0.121. The predicted molar refractivity (Wildman–Crippen MR) is 152 cm³/mol. The summed E-state index contributed by atoms with van der Waals surface area (Å²) >= 11 is 0. The molecule has 0 radical (unpaired) electrons. The zero-order valence-electron chi connectivity index (χ0n) is 24.0. The molecule has 40 heavy (non-hydrogen) atoms. The Balaban J connectivity index is 1.72. The second kappa shape index (κ2) is 12.8. The fourth-order valence-electron chi connectivity index (χ4n) is 5.74. The van der Waals surface area contributed by atoms with Crippen LogP contribution in [0, 0.1) is 12.8 Å². The first-order valence-corrected chi connectivity index (χ1v) is 15.4. The van der Waals surface area contributed by atoms with E-state index in [0.717, 1.165) is 49.2 Å². The molecule has 1 aromatic heterocycles. The fourth-order valence-corrected chi connectivity index (χ4v) is 6.95. The normalized spacial score (nSPS) is 18.6. The first-order valence-electron chi connectivity index (χ1n) is 14.3. The van der Waals surface area contributed by atoms with Gasteiger partial charge in [0.1, 0.15) is 17.5 Å². The minimum atomic E-state index is -4.46. The summed E-state index contributed by atoms with van der Waals surface area (Å²) in [5.41, 5.74) is 3.52. The number of halogens is 3. The predicted octanol–water partition coefficient (Wildman–Crippen LogP) is 6.42. The summed E-state index contributed by atoms with van der Waals surface area (Å²) in [4.78, 5) is 13.8. The molecule has 2 aliphatic rings. The Morgan fingerprint density at radius 1 is 1.05 bits per heavy atom. The molecule has 1 aliphatic carbocycles. The third kappa shape index (κ3) is 7.76. The van der Waals surface area contributed by atoms with Crippen LogP contribution >= 0.6 is 0 Å². The standard InChI is InChI=1S/C30H42F3N3O3S/c1-20-24(28(37)35-23-12-14-39-15-13-23)17-26(36(20)18-21-8-6-5-7-9-21)22-10-11-27(25(16-22)29(2,3)4)40(38)34-19-30(31,32)33/h10-11,16-17,21,23,34H,5-9,12-15,18-19H2,1-4H3,(H,35,37). The van der Waals surface area contributed by atoms with Crippen molar-refractivity contribution in [3.63, 3.8) is 0 Å². The average Bonchev–Trinajstić information content (AvgIpc) is 3.23. The van der Waals surface area contributed by atoms with E-state index < -0.39 is 29.1 Å². The van der Waals surface area contributed by atoms with Crippen molar-refractivity contribution >= 4 is 16.9 Å². The first-order chi connectivity index (χ1) is 18.8. The number of carbonyl (C=O) groups excluding carboxylic acids is 1. The smallest absolute Gasteiger partial charge is 0.381 e. The van der Waals surface area contributed by atoms with Crippen molar-refractivity contribution in [3.8, 4) is 11.3 Å². The Bertz CT molecular complexity index is 1210. The van der Waals surface area contributed by atoms with Gasteiger partial charge < -0.3 is 14.6 Å². The average molecular weight is 582 g/mol. The van der Waals surface area contributed by atoms with Crippen molar-refractivity contribution in [2.45, 2.75) is 102 Å². The van der Waals surface area contributed by atoms with Gasteiger partial charge in [0.25, 0.3) is 5.91 Å². The molecule has 1 amide bonds. The summed E-state index contributed by atoms with van der Waals surface area (Å²) in [5.74, 6) is 0.420. The zero-order chi connectivity index (χ0) is 29.1. The van der Waals surface area contributed by atoms with Gasteiger partial charge in [0.15, 0.2) is 0 Å². The van der Waals surface area contributed by atoms with Crippen LogP contribution in [0.1, 0.15) is 87.3 Å². The van der Waals surface area contributed by atoms with E-state index in [1.165, 1.54) is 19.3 Å². The number of nitrogens with zero attached hydrogens (tertiary/aromatic N) is 1. The molecule has 1 unspecified atom stereocenters. The van der Waals surface area contributed by atoms with Crippen molar-refractivity contribution < 1.29 is 26.9 Å². The van der Waals surface area contributed by atoms with Gasteiger partial charge in [-0.3, -0.25) is 4.79 Å². The highest BCUT2D eigenvalue weighted by molar-refractivity contribution is 7.83. The highest BCUT2D eigenvalue weighted by atomic mass is 32.2. The van der Waals surface area contributed by atoms with Gasteiger partial charge in [0.2, 0.25) is 0 Å². The molecule has 4 rings (SSSR count). The third-order valence-electron chi connectivity index (χ3n) is 8.02. The summed E-state index contributed by atoms with van der Waals surface area (Å²) in [7, 11) is -2.03. The first kappa shape index (κ1) is 30.8. The van der Waals surface area contributed by atoms with Crippen LogP contribution in [0.5, 0.6) is 0 Å². The number of ether oxygens (including phenoxy) is 1. The molecule has 1 saturated heterocycles. The largest absolute Gasteiger partial charge is 0.402 e. The number of carbonyl (C=O) groups is 1. The Morgan fingerprint density at radius 3 is 2.35 bits per heavy atom. The topological polar surface area (TPSA) is 72.4 Å².